The van der Waals surface area contributed by atoms with Gasteiger partial charge in [0.05, 0.1) is 15.5 Å². The van der Waals surface area contributed by atoms with Gasteiger partial charge in [0.2, 0.25) is 0 Å². The summed E-state index contributed by atoms with van der Waals surface area (Å²) in [5, 5.41) is 16.3. The van der Waals surface area contributed by atoms with Crippen LogP contribution in [0.5, 0.6) is 0 Å². The number of hydrogen-bond acceptors (Lipinski definition) is 6. The van der Waals surface area contributed by atoms with Crippen molar-refractivity contribution in [3.05, 3.63) is 92.6 Å². The fourth-order valence-electron chi connectivity index (χ4n) is 2.33. The van der Waals surface area contributed by atoms with Crippen molar-refractivity contribution in [1.82, 2.24) is 4.98 Å². The van der Waals surface area contributed by atoms with Gasteiger partial charge < -0.3 is 4.84 Å². The van der Waals surface area contributed by atoms with Crippen molar-refractivity contribution in [3.63, 3.8) is 0 Å². The van der Waals surface area contributed by atoms with E-state index in [-0.39, 0.29) is 5.69 Å². The molecule has 0 saturated heterocycles. The molecule has 0 bridgehead atoms. The Morgan fingerprint density at radius 1 is 1.21 bits per heavy atom. The van der Waals surface area contributed by atoms with E-state index in [4.69, 9.17) is 4.84 Å². The summed E-state index contributed by atoms with van der Waals surface area (Å²) < 4.78 is 0.993. The van der Waals surface area contributed by atoms with Crippen molar-refractivity contribution in [1.29, 1.82) is 0 Å². The molecule has 0 N–H and O–H groups in total. The average molecular weight is 458 g/mol. The smallest absolute Gasteiger partial charge is 0.283 e. The van der Waals surface area contributed by atoms with Gasteiger partial charge in [-0.2, -0.15) is 0 Å². The Morgan fingerprint density at radius 2 is 2.00 bits per heavy atom. The first-order valence-electron chi connectivity index (χ1n) is 8.31. The number of benzene rings is 2. The van der Waals surface area contributed by atoms with Crippen LogP contribution in [0, 0.1) is 10.1 Å². The van der Waals surface area contributed by atoms with E-state index in [1.54, 1.807) is 31.3 Å². The largest absolute Gasteiger partial charge is 0.391 e. The Labute approximate surface area is 174 Å². The van der Waals surface area contributed by atoms with Gasteiger partial charge in [0, 0.05) is 22.3 Å². The van der Waals surface area contributed by atoms with Gasteiger partial charge in [-0.05, 0) is 42.8 Å². The van der Waals surface area contributed by atoms with Crippen molar-refractivity contribution in [2.75, 3.05) is 0 Å². The molecule has 0 radical (unpaired) electrons. The molecule has 0 aliphatic heterocycles. The molecule has 0 spiro atoms. The van der Waals surface area contributed by atoms with Crippen molar-refractivity contribution in [2.45, 2.75) is 23.5 Å². The normalized spacial score (nSPS) is 11.3. The summed E-state index contributed by atoms with van der Waals surface area (Å²) >= 11 is 4.63. The van der Waals surface area contributed by atoms with Gasteiger partial charge in [-0.3, -0.25) is 10.1 Å². The molecular weight excluding hydrogens is 442 g/mol. The van der Waals surface area contributed by atoms with E-state index in [0.29, 0.717) is 27.8 Å². The van der Waals surface area contributed by atoms with Crippen LogP contribution in [0.25, 0.3) is 0 Å². The summed E-state index contributed by atoms with van der Waals surface area (Å²) in [4.78, 5) is 21.2. The van der Waals surface area contributed by atoms with Crippen LogP contribution in [0.4, 0.5) is 5.69 Å². The van der Waals surface area contributed by atoms with Crippen LogP contribution >= 0.6 is 27.7 Å². The molecule has 0 atom stereocenters. The summed E-state index contributed by atoms with van der Waals surface area (Å²) in [6.07, 6.45) is 1.65. The van der Waals surface area contributed by atoms with Crippen molar-refractivity contribution in [3.8, 4) is 0 Å². The Kier molecular flexibility index (Phi) is 6.78. The molecule has 3 aromatic rings. The topological polar surface area (TPSA) is 77.6 Å². The summed E-state index contributed by atoms with van der Waals surface area (Å²) in [5.74, 6) is 0. The summed E-state index contributed by atoms with van der Waals surface area (Å²) in [7, 11) is 0. The lowest BCUT2D eigenvalue weighted by Crippen LogP contribution is -2.00. The van der Waals surface area contributed by atoms with E-state index < -0.39 is 4.92 Å². The van der Waals surface area contributed by atoms with E-state index in [1.807, 2.05) is 36.4 Å². The Balaban J connectivity index is 1.74. The van der Waals surface area contributed by atoms with Crippen LogP contribution < -0.4 is 0 Å². The first-order chi connectivity index (χ1) is 13.5. The average Bonchev–Trinajstić information content (AvgIpc) is 2.70. The van der Waals surface area contributed by atoms with E-state index in [2.05, 4.69) is 26.1 Å². The van der Waals surface area contributed by atoms with E-state index >= 15 is 0 Å². The molecule has 1 heterocycles. The van der Waals surface area contributed by atoms with Gasteiger partial charge in [0.25, 0.3) is 5.69 Å². The minimum absolute atomic E-state index is 0.00983. The molecule has 0 aliphatic carbocycles. The number of aromatic nitrogens is 1. The molecule has 0 saturated carbocycles. The Bertz CT molecular complexity index is 995. The first-order valence-corrected chi connectivity index (χ1v) is 9.92. The van der Waals surface area contributed by atoms with Gasteiger partial charge in [-0.1, -0.05) is 57.1 Å². The molecule has 0 unspecified atom stereocenters. The van der Waals surface area contributed by atoms with Crippen LogP contribution in [0.3, 0.4) is 0 Å². The molecular formula is C20H16BrN3O3S. The predicted molar refractivity (Wildman–Crippen MR) is 113 cm³/mol. The number of hydrogen-bond donors (Lipinski definition) is 0. The molecule has 0 amide bonds. The SMILES string of the molecule is C/C(=N/OCc1ccc(Br)cc1)c1ccc(Sc2ccccn2)c([N+](=O)[O-])c1. The third-order valence-electron chi connectivity index (χ3n) is 3.77. The minimum Gasteiger partial charge on any atom is -0.391 e. The van der Waals surface area contributed by atoms with Gasteiger partial charge in [-0.15, -0.1) is 0 Å². The van der Waals surface area contributed by atoms with Gasteiger partial charge in [0.1, 0.15) is 11.6 Å². The molecule has 8 heteroatoms. The maximum atomic E-state index is 11.5. The second-order valence-corrected chi connectivity index (χ2v) is 7.76. The number of halogens is 1. The van der Waals surface area contributed by atoms with Crippen LogP contribution in [0.1, 0.15) is 18.1 Å². The zero-order chi connectivity index (χ0) is 19.9. The van der Waals surface area contributed by atoms with Crippen LogP contribution in [0.15, 0.2) is 86.4 Å². The lowest BCUT2D eigenvalue weighted by molar-refractivity contribution is -0.387. The second kappa shape index (κ2) is 9.48. The summed E-state index contributed by atoms with van der Waals surface area (Å²) in [6.45, 7) is 2.08. The van der Waals surface area contributed by atoms with Crippen molar-refractivity contribution >= 4 is 39.1 Å². The number of pyridine rings is 1. The highest BCUT2D eigenvalue weighted by molar-refractivity contribution is 9.10. The number of oxime groups is 1. The number of nitrogens with zero attached hydrogens (tertiary/aromatic N) is 3. The highest BCUT2D eigenvalue weighted by Gasteiger charge is 2.17. The highest BCUT2D eigenvalue weighted by Crippen LogP contribution is 2.34. The molecule has 1 aromatic heterocycles. The molecule has 142 valence electrons. The molecule has 6 nitrogen and oxygen atoms in total. The lowest BCUT2D eigenvalue weighted by Gasteiger charge is -2.06. The molecule has 0 aliphatic rings. The van der Waals surface area contributed by atoms with Gasteiger partial charge in [0.15, 0.2) is 0 Å². The maximum absolute atomic E-state index is 11.5. The first kappa shape index (κ1) is 20.0. The Hall–Kier alpha value is -2.71. The zero-order valence-corrected chi connectivity index (χ0v) is 17.3. The fraction of sp³-hybridized carbons (Fsp3) is 0.100. The highest BCUT2D eigenvalue weighted by atomic mass is 79.9. The predicted octanol–water partition coefficient (Wildman–Crippen LogP) is 5.84. The molecule has 3 rings (SSSR count). The molecule has 2 aromatic carbocycles. The van der Waals surface area contributed by atoms with E-state index in [1.165, 1.54) is 17.8 Å². The number of nitro benzene ring substituents is 1. The third-order valence-corrected chi connectivity index (χ3v) is 5.32. The van der Waals surface area contributed by atoms with Crippen LogP contribution in [0.2, 0.25) is 0 Å². The molecule has 0 fully saturated rings. The van der Waals surface area contributed by atoms with E-state index in [0.717, 1.165) is 10.0 Å². The van der Waals surface area contributed by atoms with Crippen molar-refractivity contribution in [2.24, 2.45) is 5.16 Å². The number of rotatable bonds is 7. The Morgan fingerprint density at radius 3 is 2.68 bits per heavy atom. The maximum Gasteiger partial charge on any atom is 0.283 e. The standard InChI is InChI=1S/C20H16BrN3O3S/c1-14(23-27-13-15-5-8-17(21)9-6-15)16-7-10-19(18(12-16)24(25)26)28-20-4-2-3-11-22-20/h2-12H,13H2,1H3/b23-14-. The van der Waals surface area contributed by atoms with Crippen LogP contribution in [-0.4, -0.2) is 15.6 Å². The summed E-state index contributed by atoms with van der Waals surface area (Å²) in [5.41, 5.74) is 2.19. The fourth-order valence-corrected chi connectivity index (χ4v) is 3.45. The monoisotopic (exact) mass is 457 g/mol. The second-order valence-electron chi connectivity index (χ2n) is 5.79. The third kappa shape index (κ3) is 5.40. The summed E-state index contributed by atoms with van der Waals surface area (Å²) in [6, 6.07) is 18.2. The quantitative estimate of drug-likeness (QED) is 0.252. The van der Waals surface area contributed by atoms with Gasteiger partial charge in [-0.25, -0.2) is 4.98 Å². The van der Waals surface area contributed by atoms with E-state index in [9.17, 15) is 10.1 Å². The number of nitro groups is 1. The molecule has 28 heavy (non-hydrogen) atoms. The minimum atomic E-state index is -0.398. The lowest BCUT2D eigenvalue weighted by atomic mass is 10.1. The van der Waals surface area contributed by atoms with Gasteiger partial charge >= 0.3 is 0 Å². The van der Waals surface area contributed by atoms with Crippen LogP contribution in [-0.2, 0) is 11.4 Å². The zero-order valence-electron chi connectivity index (χ0n) is 14.9. The van der Waals surface area contributed by atoms with Crippen molar-refractivity contribution < 1.29 is 9.76 Å².